The Hall–Kier alpha value is -2.49. The standard InChI is InChI=1S/C23H27F4N5S/c24-17-8-6-16(7-9-17)22(10-2-1-3-11-22)15-28-21(33)31-20-29-18(23(25,26)27)14-19(30-20)32-12-4-5-13-32/h6-9,14H,1-5,10-13,15H2,(H2,28,29,30,31,33). The largest absolute Gasteiger partial charge is 0.433 e. The molecule has 1 saturated heterocycles. The van der Waals surface area contributed by atoms with Crippen LogP contribution in [0.5, 0.6) is 0 Å². The number of hydrogen-bond donors (Lipinski definition) is 2. The third-order valence-electron chi connectivity index (χ3n) is 6.51. The summed E-state index contributed by atoms with van der Waals surface area (Å²) in [5.74, 6) is -0.218. The second kappa shape index (κ2) is 9.79. The second-order valence-electron chi connectivity index (χ2n) is 8.78. The SMILES string of the molecule is Fc1ccc(C2(CNC(=S)Nc3nc(N4CCCC4)cc(C(F)(F)F)n3)CCCCC2)cc1. The van der Waals surface area contributed by atoms with E-state index in [1.54, 1.807) is 12.1 Å². The molecule has 0 bridgehead atoms. The highest BCUT2D eigenvalue weighted by molar-refractivity contribution is 7.80. The fraction of sp³-hybridized carbons (Fsp3) is 0.522. The number of benzene rings is 1. The topological polar surface area (TPSA) is 53.1 Å². The first kappa shape index (κ1) is 23.7. The third kappa shape index (κ3) is 5.72. The fourth-order valence-electron chi connectivity index (χ4n) is 4.74. The second-order valence-corrected chi connectivity index (χ2v) is 9.19. The molecule has 1 saturated carbocycles. The summed E-state index contributed by atoms with van der Waals surface area (Å²) in [6.07, 6.45) is 2.34. The summed E-state index contributed by atoms with van der Waals surface area (Å²) < 4.78 is 53.7. The van der Waals surface area contributed by atoms with Gasteiger partial charge in [-0.15, -0.1) is 0 Å². The lowest BCUT2D eigenvalue weighted by atomic mass is 9.69. The van der Waals surface area contributed by atoms with Gasteiger partial charge in [0.15, 0.2) is 10.8 Å². The highest BCUT2D eigenvalue weighted by Gasteiger charge is 2.36. The van der Waals surface area contributed by atoms with Crippen molar-refractivity contribution in [2.24, 2.45) is 0 Å². The van der Waals surface area contributed by atoms with Gasteiger partial charge < -0.3 is 15.5 Å². The van der Waals surface area contributed by atoms with Gasteiger partial charge in [-0.1, -0.05) is 31.4 Å². The molecule has 0 amide bonds. The van der Waals surface area contributed by atoms with E-state index in [0.29, 0.717) is 19.6 Å². The zero-order chi connectivity index (χ0) is 23.5. The molecule has 1 aromatic carbocycles. The van der Waals surface area contributed by atoms with Crippen molar-refractivity contribution < 1.29 is 17.6 Å². The van der Waals surface area contributed by atoms with Crippen LogP contribution in [0.25, 0.3) is 0 Å². The minimum Gasteiger partial charge on any atom is -0.361 e. The van der Waals surface area contributed by atoms with E-state index in [4.69, 9.17) is 12.2 Å². The van der Waals surface area contributed by atoms with Gasteiger partial charge in [-0.05, 0) is 55.6 Å². The molecule has 0 unspecified atom stereocenters. The number of nitrogens with one attached hydrogen (secondary N) is 2. The summed E-state index contributed by atoms with van der Waals surface area (Å²) in [4.78, 5) is 9.76. The third-order valence-corrected chi connectivity index (χ3v) is 6.76. The van der Waals surface area contributed by atoms with Crippen molar-refractivity contribution in [2.45, 2.75) is 56.5 Å². The minimum atomic E-state index is -4.59. The summed E-state index contributed by atoms with van der Waals surface area (Å²) in [6.45, 7) is 1.82. The van der Waals surface area contributed by atoms with Crippen molar-refractivity contribution in [1.82, 2.24) is 15.3 Å². The molecule has 2 fully saturated rings. The zero-order valence-electron chi connectivity index (χ0n) is 18.2. The van der Waals surface area contributed by atoms with Gasteiger partial charge in [0.1, 0.15) is 11.6 Å². The minimum absolute atomic E-state index is 0.161. The molecule has 1 aromatic heterocycles. The Bertz CT molecular complexity index is 968. The Kier molecular flexibility index (Phi) is 7.02. The number of alkyl halides is 3. The first-order chi connectivity index (χ1) is 15.7. The molecule has 2 heterocycles. The number of hydrogen-bond acceptors (Lipinski definition) is 4. The lowest BCUT2D eigenvalue weighted by molar-refractivity contribution is -0.141. The fourth-order valence-corrected chi connectivity index (χ4v) is 4.90. The van der Waals surface area contributed by atoms with Crippen LogP contribution in [0.3, 0.4) is 0 Å². The van der Waals surface area contributed by atoms with Crippen molar-refractivity contribution in [3.8, 4) is 0 Å². The Morgan fingerprint density at radius 1 is 1.00 bits per heavy atom. The predicted molar refractivity (Wildman–Crippen MR) is 124 cm³/mol. The van der Waals surface area contributed by atoms with E-state index >= 15 is 0 Å². The molecule has 2 aromatic rings. The van der Waals surface area contributed by atoms with Crippen LogP contribution in [0.4, 0.5) is 29.3 Å². The molecule has 178 valence electrons. The maximum Gasteiger partial charge on any atom is 0.433 e. The molecule has 5 nitrogen and oxygen atoms in total. The number of rotatable bonds is 5. The number of anilines is 2. The molecular weight excluding hydrogens is 454 g/mol. The molecule has 0 radical (unpaired) electrons. The van der Waals surface area contributed by atoms with Crippen LogP contribution in [-0.4, -0.2) is 34.7 Å². The molecule has 2 aliphatic rings. The van der Waals surface area contributed by atoms with Gasteiger partial charge in [0.2, 0.25) is 5.95 Å². The van der Waals surface area contributed by atoms with Crippen molar-refractivity contribution >= 4 is 29.1 Å². The Balaban J connectivity index is 1.49. The monoisotopic (exact) mass is 481 g/mol. The van der Waals surface area contributed by atoms with Crippen molar-refractivity contribution in [3.63, 3.8) is 0 Å². The van der Waals surface area contributed by atoms with E-state index in [1.807, 2.05) is 4.90 Å². The predicted octanol–water partition coefficient (Wildman–Crippen LogP) is 5.42. The van der Waals surface area contributed by atoms with Crippen LogP contribution in [0.15, 0.2) is 30.3 Å². The summed E-state index contributed by atoms with van der Waals surface area (Å²) in [7, 11) is 0. The van der Waals surface area contributed by atoms with Gasteiger partial charge in [-0.25, -0.2) is 9.37 Å². The molecule has 1 aliphatic heterocycles. The van der Waals surface area contributed by atoms with Gasteiger partial charge in [0, 0.05) is 31.1 Å². The van der Waals surface area contributed by atoms with Crippen LogP contribution in [0.1, 0.15) is 56.2 Å². The lowest BCUT2D eigenvalue weighted by Gasteiger charge is -2.38. The van der Waals surface area contributed by atoms with Crippen LogP contribution >= 0.6 is 12.2 Å². The molecular formula is C23H27F4N5S. The lowest BCUT2D eigenvalue weighted by Crippen LogP contribution is -2.43. The average Bonchev–Trinajstić information content (AvgIpc) is 3.33. The molecule has 0 atom stereocenters. The van der Waals surface area contributed by atoms with Gasteiger partial charge in [0.05, 0.1) is 0 Å². The summed E-state index contributed by atoms with van der Waals surface area (Å²) in [5.41, 5.74) is -0.183. The van der Waals surface area contributed by atoms with Crippen LogP contribution in [0.2, 0.25) is 0 Å². The van der Waals surface area contributed by atoms with Gasteiger partial charge in [-0.3, -0.25) is 0 Å². The van der Waals surface area contributed by atoms with E-state index in [9.17, 15) is 17.6 Å². The van der Waals surface area contributed by atoms with Crippen LogP contribution < -0.4 is 15.5 Å². The van der Waals surface area contributed by atoms with Gasteiger partial charge in [-0.2, -0.15) is 18.2 Å². The maximum atomic E-state index is 13.5. The number of halogens is 4. The quantitative estimate of drug-likeness (QED) is 0.439. The van der Waals surface area contributed by atoms with Gasteiger partial charge in [0.25, 0.3) is 0 Å². The normalized spacial score (nSPS) is 18.2. The van der Waals surface area contributed by atoms with Crippen molar-refractivity contribution in [1.29, 1.82) is 0 Å². The molecule has 4 rings (SSSR count). The zero-order valence-corrected chi connectivity index (χ0v) is 19.0. The van der Waals surface area contributed by atoms with E-state index < -0.39 is 11.9 Å². The van der Waals surface area contributed by atoms with E-state index in [1.165, 1.54) is 12.1 Å². The highest BCUT2D eigenvalue weighted by Crippen LogP contribution is 2.39. The molecule has 33 heavy (non-hydrogen) atoms. The molecule has 1 aliphatic carbocycles. The van der Waals surface area contributed by atoms with Crippen molar-refractivity contribution in [2.75, 3.05) is 29.9 Å². The Morgan fingerprint density at radius 3 is 2.30 bits per heavy atom. The van der Waals surface area contributed by atoms with Crippen LogP contribution in [-0.2, 0) is 11.6 Å². The Labute approximate surface area is 196 Å². The highest BCUT2D eigenvalue weighted by atomic mass is 32.1. The summed E-state index contributed by atoms with van der Waals surface area (Å²) in [5, 5.41) is 6.06. The number of nitrogens with zero attached hydrogens (tertiary/aromatic N) is 3. The summed E-state index contributed by atoms with van der Waals surface area (Å²) in [6, 6.07) is 7.50. The first-order valence-electron chi connectivity index (χ1n) is 11.3. The maximum absolute atomic E-state index is 13.5. The van der Waals surface area contributed by atoms with Gasteiger partial charge >= 0.3 is 6.18 Å². The number of aromatic nitrogens is 2. The Morgan fingerprint density at radius 2 is 1.67 bits per heavy atom. The molecule has 10 heteroatoms. The first-order valence-corrected chi connectivity index (χ1v) is 11.7. The smallest absolute Gasteiger partial charge is 0.361 e. The van der Waals surface area contributed by atoms with Crippen LogP contribution in [0, 0.1) is 5.82 Å². The number of thiocarbonyl (C=S) groups is 1. The summed E-state index contributed by atoms with van der Waals surface area (Å²) >= 11 is 5.38. The van der Waals surface area contributed by atoms with E-state index in [0.717, 1.165) is 56.6 Å². The van der Waals surface area contributed by atoms with E-state index in [-0.39, 0.29) is 28.1 Å². The average molecular weight is 482 g/mol. The van der Waals surface area contributed by atoms with E-state index in [2.05, 4.69) is 20.6 Å². The molecule has 0 spiro atoms. The molecule has 2 N–H and O–H groups in total. The van der Waals surface area contributed by atoms with Crippen molar-refractivity contribution in [3.05, 3.63) is 47.4 Å².